The molecule has 7 heteroatoms. The minimum atomic E-state index is 0. The predicted octanol–water partition coefficient (Wildman–Crippen LogP) is 3.17. The fourth-order valence-corrected chi connectivity index (χ4v) is 5.67. The van der Waals surface area contributed by atoms with E-state index in [4.69, 9.17) is 4.99 Å². The van der Waals surface area contributed by atoms with E-state index in [-0.39, 0.29) is 36.4 Å². The lowest BCUT2D eigenvalue weighted by Crippen LogP contribution is -2.57. The molecule has 0 bridgehead atoms. The molecule has 30 heavy (non-hydrogen) atoms. The second-order valence-corrected chi connectivity index (χ2v) is 9.99. The van der Waals surface area contributed by atoms with Crippen molar-refractivity contribution in [3.8, 4) is 0 Å². The first kappa shape index (κ1) is 24.1. The van der Waals surface area contributed by atoms with Gasteiger partial charge in [0.2, 0.25) is 5.91 Å². The lowest BCUT2D eigenvalue weighted by molar-refractivity contribution is -0.127. The number of halogens is 1. The van der Waals surface area contributed by atoms with Crippen LogP contribution in [0, 0.1) is 11.8 Å². The molecule has 4 fully saturated rings. The van der Waals surface area contributed by atoms with Gasteiger partial charge in [-0.2, -0.15) is 0 Å². The smallest absolute Gasteiger partial charge is 0.243 e. The fourth-order valence-electron chi connectivity index (χ4n) is 5.67. The molecular weight excluding hydrogens is 489 g/mol. The molecule has 0 aromatic heterocycles. The minimum absolute atomic E-state index is 0. The van der Waals surface area contributed by atoms with Gasteiger partial charge in [0.25, 0.3) is 0 Å². The zero-order chi connectivity index (χ0) is 20.2. The van der Waals surface area contributed by atoms with Crippen LogP contribution in [-0.4, -0.2) is 85.5 Å². The highest BCUT2D eigenvalue weighted by Gasteiger charge is 2.42. The van der Waals surface area contributed by atoms with Gasteiger partial charge in [-0.25, -0.2) is 4.99 Å². The van der Waals surface area contributed by atoms with Gasteiger partial charge in [0.05, 0.1) is 0 Å². The molecule has 4 aliphatic rings. The Morgan fingerprint density at radius 1 is 1.00 bits per heavy atom. The molecule has 2 aliphatic carbocycles. The number of carbonyl (C=O) groups is 1. The molecule has 1 N–H and O–H groups in total. The van der Waals surface area contributed by atoms with Gasteiger partial charge in [-0.1, -0.05) is 19.3 Å². The van der Waals surface area contributed by atoms with Crippen molar-refractivity contribution in [2.45, 2.75) is 76.3 Å². The number of nitrogens with zero attached hydrogens (tertiary/aromatic N) is 4. The van der Waals surface area contributed by atoms with E-state index in [0.29, 0.717) is 0 Å². The molecule has 2 atom stereocenters. The van der Waals surface area contributed by atoms with Crippen molar-refractivity contribution in [1.29, 1.82) is 0 Å². The van der Waals surface area contributed by atoms with Crippen molar-refractivity contribution in [1.82, 2.24) is 20.0 Å². The third-order valence-corrected chi connectivity index (χ3v) is 7.56. The highest BCUT2D eigenvalue weighted by Crippen LogP contribution is 2.38. The molecule has 0 spiro atoms. The zero-order valence-corrected chi connectivity index (χ0v) is 21.4. The van der Waals surface area contributed by atoms with Crippen molar-refractivity contribution in [2.75, 3.05) is 46.8 Å². The number of fused-ring (bicyclic) bond motifs is 1. The minimum Gasteiger partial charge on any atom is -0.356 e. The van der Waals surface area contributed by atoms with Crippen LogP contribution in [0.3, 0.4) is 0 Å². The standard InChI is InChI=1S/C23H41N5O.HI/c1-26(2)22(29)16-25-23(24-15-18-7-4-3-5-8-18)27-14-12-21-19(17-27)9-6-13-28(21)20-10-11-20;/h18-21H,3-17H2,1-2H3,(H,24,25);1H. The number of guanidine groups is 1. The quantitative estimate of drug-likeness (QED) is 0.337. The maximum absolute atomic E-state index is 12.2. The fraction of sp³-hybridized carbons (Fsp3) is 0.913. The third-order valence-electron chi connectivity index (χ3n) is 7.56. The molecule has 2 heterocycles. The number of carbonyl (C=O) groups excluding carboxylic acids is 1. The predicted molar refractivity (Wildman–Crippen MR) is 133 cm³/mol. The molecule has 1 amide bonds. The van der Waals surface area contributed by atoms with E-state index in [0.717, 1.165) is 49.5 Å². The molecular formula is C23H42IN5O. The Hall–Kier alpha value is -0.570. The van der Waals surface area contributed by atoms with E-state index < -0.39 is 0 Å². The SMILES string of the molecule is CN(C)C(=O)CN=C(NCC1CCCCC1)N1CCC2C(CCCN2C2CC2)C1.I. The van der Waals surface area contributed by atoms with E-state index in [1.807, 2.05) is 14.1 Å². The molecule has 172 valence electrons. The van der Waals surface area contributed by atoms with Crippen LogP contribution in [0.4, 0.5) is 0 Å². The molecule has 0 aromatic carbocycles. The van der Waals surface area contributed by atoms with E-state index in [1.54, 1.807) is 4.90 Å². The summed E-state index contributed by atoms with van der Waals surface area (Å²) < 4.78 is 0. The summed E-state index contributed by atoms with van der Waals surface area (Å²) in [5.74, 6) is 2.57. The van der Waals surface area contributed by atoms with Crippen molar-refractivity contribution in [3.05, 3.63) is 0 Å². The van der Waals surface area contributed by atoms with Gasteiger partial charge in [0.1, 0.15) is 6.54 Å². The number of likely N-dealkylation sites (N-methyl/N-ethyl adjacent to an activating group) is 1. The summed E-state index contributed by atoms with van der Waals surface area (Å²) in [6.45, 7) is 4.73. The van der Waals surface area contributed by atoms with Gasteiger partial charge in [0.15, 0.2) is 5.96 Å². The van der Waals surface area contributed by atoms with Crippen molar-refractivity contribution in [3.63, 3.8) is 0 Å². The van der Waals surface area contributed by atoms with Gasteiger partial charge in [-0.05, 0) is 63.3 Å². The maximum Gasteiger partial charge on any atom is 0.243 e. The van der Waals surface area contributed by atoms with Crippen LogP contribution in [0.25, 0.3) is 0 Å². The number of likely N-dealkylation sites (tertiary alicyclic amines) is 2. The van der Waals surface area contributed by atoms with E-state index >= 15 is 0 Å². The first-order valence-electron chi connectivity index (χ1n) is 12.1. The Balaban J connectivity index is 0.00000256. The van der Waals surface area contributed by atoms with Gasteiger partial charge in [-0.3, -0.25) is 9.69 Å². The molecule has 2 saturated heterocycles. The summed E-state index contributed by atoms with van der Waals surface area (Å²) in [7, 11) is 3.62. The van der Waals surface area contributed by atoms with Crippen LogP contribution in [0.15, 0.2) is 4.99 Å². The Bertz CT molecular complexity index is 588. The Morgan fingerprint density at radius 2 is 1.77 bits per heavy atom. The van der Waals surface area contributed by atoms with Gasteiger partial charge >= 0.3 is 0 Å². The first-order chi connectivity index (χ1) is 14.1. The molecule has 0 aromatic rings. The van der Waals surface area contributed by atoms with Crippen LogP contribution >= 0.6 is 24.0 Å². The lowest BCUT2D eigenvalue weighted by atomic mass is 9.83. The average molecular weight is 532 g/mol. The molecule has 0 radical (unpaired) electrons. The number of aliphatic imine (C=N–C) groups is 1. The topological polar surface area (TPSA) is 51.2 Å². The van der Waals surface area contributed by atoms with E-state index in [1.165, 1.54) is 70.8 Å². The van der Waals surface area contributed by atoms with Crippen LogP contribution in [-0.2, 0) is 4.79 Å². The monoisotopic (exact) mass is 531 g/mol. The highest BCUT2D eigenvalue weighted by atomic mass is 127. The van der Waals surface area contributed by atoms with Crippen LogP contribution in [0.5, 0.6) is 0 Å². The second kappa shape index (κ2) is 11.3. The molecule has 2 saturated carbocycles. The molecule has 2 unspecified atom stereocenters. The molecule has 4 rings (SSSR count). The Kier molecular flexibility index (Phi) is 9.10. The Morgan fingerprint density at radius 3 is 2.47 bits per heavy atom. The molecule has 2 aliphatic heterocycles. The highest BCUT2D eigenvalue weighted by molar-refractivity contribution is 14.0. The summed E-state index contributed by atoms with van der Waals surface area (Å²) >= 11 is 0. The normalized spacial score (nSPS) is 28.5. The maximum atomic E-state index is 12.2. The van der Waals surface area contributed by atoms with Crippen LogP contribution < -0.4 is 5.32 Å². The van der Waals surface area contributed by atoms with Crippen molar-refractivity contribution >= 4 is 35.8 Å². The number of amides is 1. The van der Waals surface area contributed by atoms with Crippen LogP contribution in [0.2, 0.25) is 0 Å². The number of hydrogen-bond donors (Lipinski definition) is 1. The largest absolute Gasteiger partial charge is 0.356 e. The van der Waals surface area contributed by atoms with Crippen molar-refractivity contribution in [2.24, 2.45) is 16.8 Å². The van der Waals surface area contributed by atoms with E-state index in [2.05, 4.69) is 15.1 Å². The second-order valence-electron chi connectivity index (χ2n) is 9.99. The summed E-state index contributed by atoms with van der Waals surface area (Å²) in [5.41, 5.74) is 0. The van der Waals surface area contributed by atoms with Gasteiger partial charge in [-0.15, -0.1) is 24.0 Å². The summed E-state index contributed by atoms with van der Waals surface area (Å²) in [6.07, 6.45) is 13.5. The van der Waals surface area contributed by atoms with Gasteiger partial charge < -0.3 is 15.1 Å². The number of rotatable bonds is 5. The summed E-state index contributed by atoms with van der Waals surface area (Å²) in [6, 6.07) is 1.65. The Labute approximate surface area is 200 Å². The number of nitrogens with one attached hydrogen (secondary N) is 1. The van der Waals surface area contributed by atoms with E-state index in [9.17, 15) is 4.79 Å². The zero-order valence-electron chi connectivity index (χ0n) is 19.0. The number of hydrogen-bond acceptors (Lipinski definition) is 3. The first-order valence-corrected chi connectivity index (χ1v) is 12.1. The average Bonchev–Trinajstić information content (AvgIpc) is 3.58. The third kappa shape index (κ3) is 6.24. The number of piperidine rings is 2. The van der Waals surface area contributed by atoms with Crippen LogP contribution in [0.1, 0.15) is 64.2 Å². The van der Waals surface area contributed by atoms with Crippen molar-refractivity contribution < 1.29 is 4.79 Å². The molecule has 6 nitrogen and oxygen atoms in total. The van der Waals surface area contributed by atoms with Gasteiger partial charge in [0, 0.05) is 45.8 Å². The summed E-state index contributed by atoms with van der Waals surface area (Å²) in [4.78, 5) is 23.9. The summed E-state index contributed by atoms with van der Waals surface area (Å²) in [5, 5.41) is 3.69. The lowest BCUT2D eigenvalue weighted by Gasteiger charge is -2.48.